The fraction of sp³-hybridized carbons (Fsp3) is 0.526. The summed E-state index contributed by atoms with van der Waals surface area (Å²) >= 11 is 0. The van der Waals surface area contributed by atoms with Gasteiger partial charge in [0.15, 0.2) is 0 Å². The van der Waals surface area contributed by atoms with Crippen molar-refractivity contribution >= 4 is 23.3 Å². The smallest absolute Gasteiger partial charge is 0.410 e. The van der Waals surface area contributed by atoms with Gasteiger partial charge in [-0.1, -0.05) is 19.9 Å². The van der Waals surface area contributed by atoms with Crippen LogP contribution in [-0.4, -0.2) is 39.9 Å². The monoisotopic (exact) mass is 378 g/mol. The molecule has 0 fully saturated rings. The quantitative estimate of drug-likeness (QED) is 0.668. The number of aromatic nitrogens is 1. The molecule has 2 heterocycles. The Labute approximate surface area is 158 Å². The van der Waals surface area contributed by atoms with Gasteiger partial charge < -0.3 is 15.6 Å². The molecule has 148 valence electrons. The lowest BCUT2D eigenvalue weighted by molar-refractivity contribution is -0.104. The summed E-state index contributed by atoms with van der Waals surface area (Å²) in [7, 11) is 0. The van der Waals surface area contributed by atoms with Gasteiger partial charge in [0, 0.05) is 23.7 Å². The first-order valence-corrected chi connectivity index (χ1v) is 8.85. The highest BCUT2D eigenvalue weighted by atomic mass is 19.2. The summed E-state index contributed by atoms with van der Waals surface area (Å²) in [6.07, 6.45) is 2.60. The molecule has 0 aromatic carbocycles. The molecule has 27 heavy (non-hydrogen) atoms. The predicted molar refractivity (Wildman–Crippen MR) is 103 cm³/mol. The van der Waals surface area contributed by atoms with Crippen LogP contribution >= 0.6 is 0 Å². The Kier molecular flexibility index (Phi) is 6.33. The Hall–Kier alpha value is -2.32. The Morgan fingerprint density at radius 1 is 1.56 bits per heavy atom. The van der Waals surface area contributed by atoms with Crippen molar-refractivity contribution in [3.63, 3.8) is 0 Å². The highest BCUT2D eigenvalue weighted by Gasteiger charge is 2.38. The van der Waals surface area contributed by atoms with E-state index in [1.165, 1.54) is 6.20 Å². The summed E-state index contributed by atoms with van der Waals surface area (Å²) in [6.45, 7) is 7.61. The minimum atomic E-state index is -2.00. The molecular formula is C19H27FN4O3. The fourth-order valence-electron chi connectivity index (χ4n) is 3.07. The highest BCUT2D eigenvalue weighted by molar-refractivity contribution is 5.95. The molecule has 2 atom stereocenters. The third-order valence-corrected chi connectivity index (χ3v) is 4.18. The van der Waals surface area contributed by atoms with Crippen LogP contribution in [0.25, 0.3) is 5.70 Å². The van der Waals surface area contributed by atoms with Gasteiger partial charge in [-0.05, 0) is 38.3 Å². The largest absolute Gasteiger partial charge is 0.465 e. The number of anilines is 1. The van der Waals surface area contributed by atoms with Crippen molar-refractivity contribution in [3.05, 3.63) is 30.0 Å². The number of rotatable bonds is 7. The first-order valence-electron chi connectivity index (χ1n) is 8.85. The molecule has 4 N–H and O–H groups in total. The van der Waals surface area contributed by atoms with Gasteiger partial charge >= 0.3 is 6.09 Å². The summed E-state index contributed by atoms with van der Waals surface area (Å²) < 4.78 is 20.8. The molecule has 0 saturated carbocycles. The SMILES string of the molecule is CC1=NC(c2ccnc(NC(=O)O)c2)=CCC1(F)OCC(C)(N)CC(C)C. The maximum Gasteiger partial charge on any atom is 0.410 e. The van der Waals surface area contributed by atoms with Gasteiger partial charge in [0.1, 0.15) is 5.82 Å². The summed E-state index contributed by atoms with van der Waals surface area (Å²) in [5.74, 6) is -1.45. The van der Waals surface area contributed by atoms with E-state index in [0.717, 1.165) is 6.42 Å². The number of nitrogens with one attached hydrogen (secondary N) is 1. The Morgan fingerprint density at radius 2 is 2.26 bits per heavy atom. The molecule has 0 bridgehead atoms. The number of hydrogen-bond acceptors (Lipinski definition) is 5. The van der Waals surface area contributed by atoms with Crippen LogP contribution < -0.4 is 11.1 Å². The van der Waals surface area contributed by atoms with Crippen molar-refractivity contribution in [2.75, 3.05) is 11.9 Å². The zero-order chi connectivity index (χ0) is 20.2. The predicted octanol–water partition coefficient (Wildman–Crippen LogP) is 3.82. The average Bonchev–Trinajstić information content (AvgIpc) is 2.54. The second-order valence-corrected chi connectivity index (χ2v) is 7.62. The normalized spacial score (nSPS) is 22.0. The van der Waals surface area contributed by atoms with Gasteiger partial charge in [-0.15, -0.1) is 0 Å². The number of carbonyl (C=O) groups is 1. The van der Waals surface area contributed by atoms with Crippen molar-refractivity contribution in [3.8, 4) is 0 Å². The third kappa shape index (κ3) is 5.83. The van der Waals surface area contributed by atoms with Crippen LogP contribution in [0.15, 0.2) is 29.4 Å². The topological polar surface area (TPSA) is 110 Å². The second-order valence-electron chi connectivity index (χ2n) is 7.62. The zero-order valence-electron chi connectivity index (χ0n) is 16.1. The van der Waals surface area contributed by atoms with Crippen molar-refractivity contribution in [2.24, 2.45) is 16.6 Å². The minimum Gasteiger partial charge on any atom is -0.465 e. The molecule has 1 aliphatic rings. The first kappa shape index (κ1) is 21.0. The highest BCUT2D eigenvalue weighted by Crippen LogP contribution is 2.32. The van der Waals surface area contributed by atoms with Gasteiger partial charge in [0.05, 0.1) is 18.0 Å². The van der Waals surface area contributed by atoms with E-state index in [4.69, 9.17) is 15.6 Å². The number of aliphatic imine (C=N–C) groups is 1. The van der Waals surface area contributed by atoms with E-state index in [-0.39, 0.29) is 24.6 Å². The van der Waals surface area contributed by atoms with Crippen LogP contribution in [0.4, 0.5) is 15.0 Å². The standard InChI is InChI=1S/C19H27FN4O3/c1-12(2)10-18(4,21)11-27-19(20)7-5-15(23-13(19)3)14-6-8-22-16(9-14)24-17(25)26/h5-6,8-9,12H,7,10-11,21H2,1-4H3,(H,22,24)(H,25,26). The van der Waals surface area contributed by atoms with Crippen molar-refractivity contribution < 1.29 is 19.0 Å². The molecule has 7 nitrogen and oxygen atoms in total. The lowest BCUT2D eigenvalue weighted by Crippen LogP contribution is -2.47. The number of carboxylic acid groups (broad SMARTS) is 1. The van der Waals surface area contributed by atoms with Crippen molar-refractivity contribution in [2.45, 2.75) is 51.9 Å². The van der Waals surface area contributed by atoms with Gasteiger partial charge in [-0.25, -0.2) is 14.2 Å². The second kappa shape index (κ2) is 8.14. The molecule has 1 aliphatic heterocycles. The fourth-order valence-corrected chi connectivity index (χ4v) is 3.07. The number of nitrogens with two attached hydrogens (primary N) is 1. The maximum absolute atomic E-state index is 15.2. The van der Waals surface area contributed by atoms with E-state index in [9.17, 15) is 4.79 Å². The van der Waals surface area contributed by atoms with E-state index in [1.54, 1.807) is 25.1 Å². The van der Waals surface area contributed by atoms with Crippen molar-refractivity contribution in [1.82, 2.24) is 4.98 Å². The van der Waals surface area contributed by atoms with Crippen molar-refractivity contribution in [1.29, 1.82) is 0 Å². The molecule has 1 amide bonds. The number of nitrogens with zero attached hydrogens (tertiary/aromatic N) is 2. The molecule has 0 aliphatic carbocycles. The minimum absolute atomic E-state index is 0.000555. The third-order valence-electron chi connectivity index (χ3n) is 4.18. The lowest BCUT2D eigenvalue weighted by Gasteiger charge is -2.33. The number of alkyl halides is 1. The summed E-state index contributed by atoms with van der Waals surface area (Å²) in [4.78, 5) is 19.0. The zero-order valence-corrected chi connectivity index (χ0v) is 16.1. The number of ether oxygens (including phenoxy) is 1. The first-order chi connectivity index (χ1) is 12.5. The summed E-state index contributed by atoms with van der Waals surface area (Å²) in [5.41, 5.74) is 6.96. The van der Waals surface area contributed by atoms with Crippen LogP contribution in [0, 0.1) is 5.92 Å². The van der Waals surface area contributed by atoms with Crippen LogP contribution in [0.5, 0.6) is 0 Å². The molecule has 0 spiro atoms. The Bertz CT molecular complexity index is 761. The van der Waals surface area contributed by atoms with Gasteiger partial charge in [0.2, 0.25) is 0 Å². The van der Waals surface area contributed by atoms with E-state index in [2.05, 4.69) is 29.1 Å². The number of amides is 1. The van der Waals surface area contributed by atoms with Crippen LogP contribution in [0.2, 0.25) is 0 Å². The number of hydrogen-bond donors (Lipinski definition) is 3. The lowest BCUT2D eigenvalue weighted by atomic mass is 9.92. The molecular weight excluding hydrogens is 351 g/mol. The summed E-state index contributed by atoms with van der Waals surface area (Å²) in [6, 6.07) is 3.23. The Balaban J connectivity index is 2.11. The molecule has 1 aromatic heterocycles. The Morgan fingerprint density at radius 3 is 2.85 bits per heavy atom. The van der Waals surface area contributed by atoms with Crippen LogP contribution in [0.3, 0.4) is 0 Å². The van der Waals surface area contributed by atoms with E-state index in [1.807, 2.05) is 6.92 Å². The van der Waals surface area contributed by atoms with E-state index >= 15 is 4.39 Å². The van der Waals surface area contributed by atoms with Gasteiger partial charge in [-0.2, -0.15) is 0 Å². The molecule has 1 aromatic rings. The van der Waals surface area contributed by atoms with E-state index < -0.39 is 17.5 Å². The molecule has 8 heteroatoms. The summed E-state index contributed by atoms with van der Waals surface area (Å²) in [5, 5.41) is 11.0. The molecule has 2 rings (SSSR count). The van der Waals surface area contributed by atoms with Crippen LogP contribution in [-0.2, 0) is 4.74 Å². The average molecular weight is 378 g/mol. The number of halogens is 1. The molecule has 2 unspecified atom stereocenters. The molecule has 0 saturated heterocycles. The van der Waals surface area contributed by atoms with E-state index in [0.29, 0.717) is 17.2 Å². The molecule has 0 radical (unpaired) electrons. The number of pyridine rings is 1. The van der Waals surface area contributed by atoms with Crippen LogP contribution in [0.1, 0.15) is 46.1 Å². The van der Waals surface area contributed by atoms with Gasteiger partial charge in [-0.3, -0.25) is 10.3 Å². The maximum atomic E-state index is 15.2. The van der Waals surface area contributed by atoms with Gasteiger partial charge in [0.25, 0.3) is 5.85 Å².